The molecule has 0 aliphatic rings. The Morgan fingerprint density at radius 2 is 0.375 bits per heavy atom. The highest BCUT2D eigenvalue weighted by Crippen LogP contribution is 0.862. The van der Waals surface area contributed by atoms with E-state index in [1.165, 1.54) is 0 Å². The minimum atomic E-state index is 0. The molecule has 0 radical (unpaired) electrons. The van der Waals surface area contributed by atoms with Crippen LogP contribution in [0, 0.1) is 0 Å². The van der Waals surface area contributed by atoms with Crippen LogP contribution in [0.2, 0.25) is 0 Å². The summed E-state index contributed by atoms with van der Waals surface area (Å²) in [6, 6.07) is 0. The van der Waals surface area contributed by atoms with Crippen molar-refractivity contribution in [2.75, 3.05) is 0 Å². The molecule has 0 N–H and O–H groups in total. The topological polar surface area (TPSA) is 0 Å². The summed E-state index contributed by atoms with van der Waals surface area (Å²) in [5.41, 5.74) is 0. The SMILES string of the molecule is C=C.Cl.Cl.Cl.Cl.Cl.Cl. The molecular weight excluding hydrogens is 237 g/mol. The van der Waals surface area contributed by atoms with E-state index in [1.807, 2.05) is 0 Å². The first kappa shape index (κ1) is 111. The van der Waals surface area contributed by atoms with Crippen molar-refractivity contribution >= 4 is 74.4 Å². The van der Waals surface area contributed by atoms with Crippen molar-refractivity contribution in [1.29, 1.82) is 0 Å². The molecule has 0 saturated heterocycles. The van der Waals surface area contributed by atoms with E-state index in [9.17, 15) is 0 Å². The summed E-state index contributed by atoms with van der Waals surface area (Å²) in [5, 5.41) is 0. The lowest BCUT2D eigenvalue weighted by atomic mass is 11.3. The zero-order valence-electron chi connectivity index (χ0n) is 3.86. The fourth-order valence-corrected chi connectivity index (χ4v) is 0. The molecule has 0 amide bonds. The van der Waals surface area contributed by atoms with E-state index in [0.717, 1.165) is 0 Å². The van der Waals surface area contributed by atoms with Gasteiger partial charge in [0, 0.05) is 0 Å². The zero-order chi connectivity index (χ0) is 2.00. The van der Waals surface area contributed by atoms with Crippen molar-refractivity contribution in [2.24, 2.45) is 0 Å². The second-order valence-corrected chi connectivity index (χ2v) is 0. The van der Waals surface area contributed by atoms with E-state index < -0.39 is 0 Å². The molecule has 0 heterocycles. The van der Waals surface area contributed by atoms with Crippen LogP contribution in [0.4, 0.5) is 0 Å². The largest absolute Gasteiger partial charge is 0.147 e. The minimum Gasteiger partial charge on any atom is -0.147 e. The van der Waals surface area contributed by atoms with Crippen molar-refractivity contribution in [3.8, 4) is 0 Å². The van der Waals surface area contributed by atoms with E-state index >= 15 is 0 Å². The standard InChI is InChI=1S/C2H4.6ClH/c1-2;;;;;;/h1-2H2;6*1H. The maximum atomic E-state index is 3.00. The highest BCUT2D eigenvalue weighted by atomic mass is 35.5. The summed E-state index contributed by atoms with van der Waals surface area (Å²) in [5.74, 6) is 0. The van der Waals surface area contributed by atoms with Crippen molar-refractivity contribution in [3.05, 3.63) is 13.2 Å². The first-order valence-corrected chi connectivity index (χ1v) is 0.500. The van der Waals surface area contributed by atoms with Gasteiger partial charge in [-0.2, -0.15) is 0 Å². The Morgan fingerprint density at radius 3 is 0.375 bits per heavy atom. The van der Waals surface area contributed by atoms with Gasteiger partial charge in [-0.3, -0.25) is 0 Å². The Bertz CT molecular complexity index is 6.49. The summed E-state index contributed by atoms with van der Waals surface area (Å²) in [7, 11) is 0. The lowest BCUT2D eigenvalue weighted by Crippen LogP contribution is -0.552. The minimum absolute atomic E-state index is 0. The van der Waals surface area contributed by atoms with Crippen LogP contribution in [0.3, 0.4) is 0 Å². The molecule has 0 aromatic carbocycles. The average molecular weight is 247 g/mol. The number of halogens is 6. The van der Waals surface area contributed by atoms with Gasteiger partial charge >= 0.3 is 0 Å². The van der Waals surface area contributed by atoms with Crippen LogP contribution in [0.15, 0.2) is 13.2 Å². The van der Waals surface area contributed by atoms with Gasteiger partial charge in [0.1, 0.15) is 0 Å². The van der Waals surface area contributed by atoms with Gasteiger partial charge in [-0.1, -0.05) is 0 Å². The summed E-state index contributed by atoms with van der Waals surface area (Å²) >= 11 is 0. The monoisotopic (exact) mass is 244 g/mol. The van der Waals surface area contributed by atoms with Crippen LogP contribution in [-0.2, 0) is 0 Å². The normalized spacial score (nSPS) is 0.500. The fourth-order valence-electron chi connectivity index (χ4n) is 0. The van der Waals surface area contributed by atoms with E-state index in [2.05, 4.69) is 13.2 Å². The van der Waals surface area contributed by atoms with Crippen molar-refractivity contribution in [2.45, 2.75) is 0 Å². The molecule has 0 unspecified atom stereocenters. The molecule has 0 bridgehead atoms. The Hall–Kier alpha value is 1.48. The van der Waals surface area contributed by atoms with Crippen LogP contribution in [0.5, 0.6) is 0 Å². The van der Waals surface area contributed by atoms with Gasteiger partial charge in [0.05, 0.1) is 0 Å². The number of rotatable bonds is 0. The molecule has 0 saturated carbocycles. The maximum Gasteiger partial charge on any atom is -0.106 e. The van der Waals surface area contributed by atoms with Crippen LogP contribution in [0.25, 0.3) is 0 Å². The predicted octanol–water partition coefficient (Wildman–Crippen LogP) is 3.33. The van der Waals surface area contributed by atoms with Gasteiger partial charge in [-0.15, -0.1) is 87.6 Å². The fraction of sp³-hybridized carbons (Fsp3) is 0. The molecule has 0 spiro atoms. The molecule has 0 aromatic rings. The second kappa shape index (κ2) is 217. The summed E-state index contributed by atoms with van der Waals surface area (Å²) < 4.78 is 0. The van der Waals surface area contributed by atoms with Crippen LogP contribution in [0.1, 0.15) is 0 Å². The van der Waals surface area contributed by atoms with Crippen LogP contribution in [-0.4, -0.2) is 0 Å². The Kier molecular flexibility index (Phi) is 3000. The lowest BCUT2D eigenvalue weighted by Gasteiger charge is -0.813. The zero-order valence-corrected chi connectivity index (χ0v) is 8.76. The Balaban J connectivity index is -0.000000000333. The van der Waals surface area contributed by atoms with Gasteiger partial charge in [0.25, 0.3) is 0 Å². The quantitative estimate of drug-likeness (QED) is 0.576. The first-order valence-electron chi connectivity index (χ1n) is 0.500. The summed E-state index contributed by atoms with van der Waals surface area (Å²) in [4.78, 5) is 0. The molecular formula is C2H10Cl6. The summed E-state index contributed by atoms with van der Waals surface area (Å²) in [6.07, 6.45) is 0. The molecule has 0 aliphatic heterocycles. The molecule has 0 atom stereocenters. The van der Waals surface area contributed by atoms with Gasteiger partial charge in [0.2, 0.25) is 0 Å². The van der Waals surface area contributed by atoms with E-state index in [0.29, 0.717) is 0 Å². The molecule has 60 valence electrons. The first-order chi connectivity index (χ1) is 1.00. The Labute approximate surface area is 87.3 Å². The van der Waals surface area contributed by atoms with Gasteiger partial charge in [-0.25, -0.2) is 0 Å². The van der Waals surface area contributed by atoms with Crippen molar-refractivity contribution in [1.82, 2.24) is 0 Å². The molecule has 6 heteroatoms. The third-order valence-corrected chi connectivity index (χ3v) is 0. The van der Waals surface area contributed by atoms with Gasteiger partial charge in [-0.05, 0) is 0 Å². The maximum absolute atomic E-state index is 3.00. The van der Waals surface area contributed by atoms with Crippen LogP contribution < -0.4 is 0 Å². The van der Waals surface area contributed by atoms with E-state index in [1.54, 1.807) is 0 Å². The number of hydrogen-bond acceptors (Lipinski definition) is 0. The third-order valence-electron chi connectivity index (χ3n) is 0. The van der Waals surface area contributed by atoms with Gasteiger partial charge in [0.15, 0.2) is 0 Å². The third kappa shape index (κ3) is 143. The molecule has 0 nitrogen and oxygen atoms in total. The van der Waals surface area contributed by atoms with Crippen molar-refractivity contribution in [3.63, 3.8) is 0 Å². The second-order valence-electron chi connectivity index (χ2n) is 0. The smallest absolute Gasteiger partial charge is 0.106 e. The molecule has 0 rings (SSSR count). The Morgan fingerprint density at radius 1 is 0.375 bits per heavy atom. The molecule has 0 aliphatic carbocycles. The van der Waals surface area contributed by atoms with Gasteiger partial charge < -0.3 is 0 Å². The molecule has 0 aromatic heterocycles. The predicted molar refractivity (Wildman–Crippen MR) is 54.7 cm³/mol. The highest BCUT2D eigenvalue weighted by Gasteiger charge is 0.601. The highest BCUT2D eigenvalue weighted by molar-refractivity contribution is 5.86. The van der Waals surface area contributed by atoms with E-state index in [-0.39, 0.29) is 74.4 Å². The lowest BCUT2D eigenvalue weighted by molar-refractivity contribution is 2.81. The van der Waals surface area contributed by atoms with E-state index in [4.69, 9.17) is 0 Å². The molecule has 0 fully saturated rings. The number of hydrogen-bond donors (Lipinski definition) is 0. The van der Waals surface area contributed by atoms with Crippen LogP contribution >= 0.6 is 74.4 Å². The average Bonchev–Trinajstić information content (AvgIpc) is 1.00. The molecule has 8 heavy (non-hydrogen) atoms. The summed E-state index contributed by atoms with van der Waals surface area (Å²) in [6.45, 7) is 6.00. The van der Waals surface area contributed by atoms with Crippen molar-refractivity contribution < 1.29 is 0 Å².